The number of hydrogen-bond acceptors (Lipinski definition) is 3. The number of halogens is 1. The maximum absolute atomic E-state index is 13.1. The maximum Gasteiger partial charge on any atom is 0.312 e. The summed E-state index contributed by atoms with van der Waals surface area (Å²) in [6.07, 6.45) is 13.9. The lowest BCUT2D eigenvalue weighted by Crippen LogP contribution is -2.57. The van der Waals surface area contributed by atoms with Crippen LogP contribution in [-0.4, -0.2) is 29.4 Å². The molecule has 0 aliphatic heterocycles. The van der Waals surface area contributed by atoms with Gasteiger partial charge in [-0.1, -0.05) is 0 Å². The van der Waals surface area contributed by atoms with E-state index >= 15 is 0 Å². The molecular formula is C25H36ClNO3. The van der Waals surface area contributed by atoms with Crippen molar-refractivity contribution in [2.45, 2.75) is 94.9 Å². The molecule has 1 amide bonds. The Morgan fingerprint density at radius 1 is 0.900 bits per heavy atom. The molecule has 2 unspecified atom stereocenters. The van der Waals surface area contributed by atoms with Crippen LogP contribution < -0.4 is 5.32 Å². The Hall–Kier alpha value is -0.770. The van der Waals surface area contributed by atoms with Crippen molar-refractivity contribution in [1.29, 1.82) is 0 Å². The second kappa shape index (κ2) is 6.62. The van der Waals surface area contributed by atoms with Crippen molar-refractivity contribution in [3.63, 3.8) is 0 Å². The van der Waals surface area contributed by atoms with Gasteiger partial charge >= 0.3 is 5.97 Å². The topological polar surface area (TPSA) is 55.4 Å². The Bertz CT molecular complexity index is 714. The van der Waals surface area contributed by atoms with E-state index in [1.807, 2.05) is 0 Å². The molecule has 8 saturated carbocycles. The van der Waals surface area contributed by atoms with Gasteiger partial charge in [-0.25, -0.2) is 0 Å². The third kappa shape index (κ3) is 3.14. The van der Waals surface area contributed by atoms with E-state index in [4.69, 9.17) is 16.3 Å². The first-order valence-electron chi connectivity index (χ1n) is 12.4. The van der Waals surface area contributed by atoms with Crippen molar-refractivity contribution in [3.05, 3.63) is 0 Å². The first kappa shape index (κ1) is 19.9. The summed E-state index contributed by atoms with van der Waals surface area (Å²) in [6, 6.07) is 0.169. The minimum atomic E-state index is -0.433. The molecule has 0 aromatic heterocycles. The van der Waals surface area contributed by atoms with Crippen molar-refractivity contribution in [2.75, 3.05) is 6.61 Å². The third-order valence-corrected chi connectivity index (χ3v) is 10.6. The lowest BCUT2D eigenvalue weighted by atomic mass is 9.48. The van der Waals surface area contributed by atoms with Gasteiger partial charge in [-0.05, 0) is 119 Å². The summed E-state index contributed by atoms with van der Waals surface area (Å²) in [4.78, 5) is 25.6. The SMILES string of the molecule is C[C@H](NC(=O)COC(=O)C12C[C@@H]3C[C@@H](CC(Cl)(C3)C1)C2)C12CC3CC(CC(C3)C1)C2. The predicted molar refractivity (Wildman–Crippen MR) is 115 cm³/mol. The van der Waals surface area contributed by atoms with Gasteiger partial charge in [0.05, 0.1) is 5.41 Å². The summed E-state index contributed by atoms with van der Waals surface area (Å²) in [6.45, 7) is 2.05. The Labute approximate surface area is 185 Å². The number of alkyl halides is 1. The monoisotopic (exact) mass is 433 g/mol. The van der Waals surface area contributed by atoms with Crippen LogP contribution in [0.4, 0.5) is 0 Å². The number of ether oxygens (including phenoxy) is 1. The summed E-state index contributed by atoms with van der Waals surface area (Å²) < 4.78 is 5.64. The Kier molecular flexibility index (Phi) is 4.39. The zero-order chi connectivity index (χ0) is 20.7. The molecule has 8 fully saturated rings. The number of nitrogens with one attached hydrogen (secondary N) is 1. The zero-order valence-corrected chi connectivity index (χ0v) is 19.0. The fourth-order valence-electron chi connectivity index (χ4n) is 9.82. The Morgan fingerprint density at radius 2 is 1.43 bits per heavy atom. The van der Waals surface area contributed by atoms with Gasteiger partial charge in [0.1, 0.15) is 0 Å². The van der Waals surface area contributed by atoms with E-state index in [2.05, 4.69) is 12.2 Å². The van der Waals surface area contributed by atoms with Crippen molar-refractivity contribution >= 4 is 23.5 Å². The first-order valence-corrected chi connectivity index (χ1v) is 12.8. The number of carbonyl (C=O) groups excluding carboxylic acids is 2. The second-order valence-corrected chi connectivity index (χ2v) is 13.3. The van der Waals surface area contributed by atoms with Gasteiger partial charge in [0.25, 0.3) is 5.91 Å². The lowest BCUT2D eigenvalue weighted by Gasteiger charge is -2.59. The van der Waals surface area contributed by atoms with E-state index in [-0.39, 0.29) is 34.8 Å². The average Bonchev–Trinajstić information content (AvgIpc) is 2.63. The standard InChI is InChI=1S/C25H36ClNO3/c1-15(23-6-16-2-17(7-23)4-18(3-16)8-23)27-21(28)13-30-22(29)24-9-19-5-20(10-24)12-25(26,11-19)14-24/h15-20H,2-14H2,1H3,(H,27,28)/t15-,16?,17?,18?,19-,20+,23?,24?,25?/m0/s1. The van der Waals surface area contributed by atoms with Gasteiger partial charge in [0.15, 0.2) is 6.61 Å². The molecule has 8 aliphatic rings. The lowest BCUT2D eigenvalue weighted by molar-refractivity contribution is -0.172. The van der Waals surface area contributed by atoms with Gasteiger partial charge < -0.3 is 10.1 Å². The Balaban J connectivity index is 1.06. The van der Waals surface area contributed by atoms with Crippen LogP contribution in [0.15, 0.2) is 0 Å². The van der Waals surface area contributed by atoms with Crippen LogP contribution in [0, 0.1) is 40.4 Å². The molecular weight excluding hydrogens is 398 g/mol. The average molecular weight is 434 g/mol. The Morgan fingerprint density at radius 3 is 1.97 bits per heavy atom. The summed E-state index contributed by atoms with van der Waals surface area (Å²) >= 11 is 6.86. The van der Waals surface area contributed by atoms with Crippen LogP contribution in [0.3, 0.4) is 0 Å². The maximum atomic E-state index is 13.1. The smallest absolute Gasteiger partial charge is 0.312 e. The van der Waals surface area contributed by atoms with E-state index in [1.165, 1.54) is 44.9 Å². The highest BCUT2D eigenvalue weighted by Crippen LogP contribution is 2.64. The summed E-state index contributed by atoms with van der Waals surface area (Å²) in [5, 5.41) is 3.23. The number of esters is 1. The van der Waals surface area contributed by atoms with Gasteiger partial charge in [0.2, 0.25) is 0 Å². The first-order chi connectivity index (χ1) is 14.2. The van der Waals surface area contributed by atoms with Crippen LogP contribution in [0.5, 0.6) is 0 Å². The largest absolute Gasteiger partial charge is 0.455 e. The fraction of sp³-hybridized carbons (Fsp3) is 0.920. The zero-order valence-electron chi connectivity index (χ0n) is 18.3. The molecule has 5 atom stereocenters. The highest BCUT2D eigenvalue weighted by molar-refractivity contribution is 6.24. The second-order valence-electron chi connectivity index (χ2n) is 12.5. The number of hydrogen-bond donors (Lipinski definition) is 1. The molecule has 30 heavy (non-hydrogen) atoms. The number of amides is 1. The molecule has 8 rings (SSSR count). The molecule has 8 bridgehead atoms. The van der Waals surface area contributed by atoms with Gasteiger partial charge in [-0.3, -0.25) is 9.59 Å². The number of rotatable bonds is 5. The van der Waals surface area contributed by atoms with Crippen LogP contribution in [0.2, 0.25) is 0 Å². The van der Waals surface area contributed by atoms with E-state index in [9.17, 15) is 9.59 Å². The van der Waals surface area contributed by atoms with Crippen LogP contribution >= 0.6 is 11.6 Å². The molecule has 0 heterocycles. The van der Waals surface area contributed by atoms with Crippen molar-refractivity contribution in [3.8, 4) is 0 Å². The van der Waals surface area contributed by atoms with E-state index in [0.29, 0.717) is 11.8 Å². The minimum absolute atomic E-state index is 0.128. The summed E-state index contributed by atoms with van der Waals surface area (Å²) in [5.74, 6) is 3.42. The molecule has 5 heteroatoms. The van der Waals surface area contributed by atoms with Gasteiger partial charge in [-0.15, -0.1) is 11.6 Å². The molecule has 8 aliphatic carbocycles. The van der Waals surface area contributed by atoms with Gasteiger partial charge in [-0.2, -0.15) is 0 Å². The molecule has 0 saturated heterocycles. The molecule has 4 nitrogen and oxygen atoms in total. The van der Waals surface area contributed by atoms with Gasteiger partial charge in [0, 0.05) is 10.9 Å². The van der Waals surface area contributed by atoms with E-state index < -0.39 is 5.41 Å². The summed E-state index contributed by atoms with van der Waals surface area (Å²) in [5.41, 5.74) is -0.156. The van der Waals surface area contributed by atoms with Crippen molar-refractivity contribution < 1.29 is 14.3 Å². The van der Waals surface area contributed by atoms with Crippen molar-refractivity contribution in [1.82, 2.24) is 5.32 Å². The highest BCUT2D eigenvalue weighted by atomic mass is 35.5. The third-order valence-electron chi connectivity index (χ3n) is 10.1. The normalized spacial score (nSPS) is 51.1. The predicted octanol–water partition coefficient (Wildman–Crippen LogP) is 4.83. The number of carbonyl (C=O) groups is 2. The van der Waals surface area contributed by atoms with Crippen LogP contribution in [0.25, 0.3) is 0 Å². The van der Waals surface area contributed by atoms with Crippen LogP contribution in [-0.2, 0) is 14.3 Å². The molecule has 0 aromatic carbocycles. The summed E-state index contributed by atoms with van der Waals surface area (Å²) in [7, 11) is 0. The molecule has 0 radical (unpaired) electrons. The fourth-order valence-corrected chi connectivity index (χ4v) is 10.5. The quantitative estimate of drug-likeness (QED) is 0.499. The van der Waals surface area contributed by atoms with Crippen molar-refractivity contribution in [2.24, 2.45) is 40.4 Å². The molecule has 0 spiro atoms. The molecule has 166 valence electrons. The minimum Gasteiger partial charge on any atom is -0.455 e. The van der Waals surface area contributed by atoms with Crippen LogP contribution in [0.1, 0.15) is 84.0 Å². The van der Waals surface area contributed by atoms with E-state index in [0.717, 1.165) is 49.9 Å². The molecule has 0 aromatic rings. The van der Waals surface area contributed by atoms with E-state index in [1.54, 1.807) is 0 Å². The highest BCUT2D eigenvalue weighted by Gasteiger charge is 2.61. The molecule has 1 N–H and O–H groups in total.